The Morgan fingerprint density at radius 2 is 2.00 bits per heavy atom. The summed E-state index contributed by atoms with van der Waals surface area (Å²) < 4.78 is 0. The number of hydrogen-bond donors (Lipinski definition) is 1. The van der Waals surface area contributed by atoms with E-state index in [0.717, 1.165) is 18.3 Å². The minimum atomic E-state index is -0.380. The quantitative estimate of drug-likeness (QED) is 0.567. The van der Waals surface area contributed by atoms with Crippen molar-refractivity contribution in [1.82, 2.24) is 0 Å². The van der Waals surface area contributed by atoms with Gasteiger partial charge in [-0.2, -0.15) is 0 Å². The number of rotatable bonds is 0. The highest BCUT2D eigenvalue weighted by Gasteiger charge is 2.60. The van der Waals surface area contributed by atoms with Crippen LogP contribution in [0.5, 0.6) is 0 Å². The summed E-state index contributed by atoms with van der Waals surface area (Å²) >= 11 is 0. The van der Waals surface area contributed by atoms with Gasteiger partial charge in [-0.25, -0.2) is 0 Å². The lowest BCUT2D eigenvalue weighted by Crippen LogP contribution is -2.41. The first kappa shape index (κ1) is 7.60. The molecule has 0 amide bonds. The Balaban J connectivity index is 2.37. The van der Waals surface area contributed by atoms with Crippen molar-refractivity contribution in [2.24, 2.45) is 17.3 Å². The van der Waals surface area contributed by atoms with Crippen LogP contribution in [0.3, 0.4) is 0 Å². The van der Waals surface area contributed by atoms with E-state index in [1.807, 2.05) is 6.92 Å². The number of hydrogen-bond acceptors (Lipinski definition) is 1. The fourth-order valence-electron chi connectivity index (χ4n) is 3.27. The van der Waals surface area contributed by atoms with E-state index in [-0.39, 0.29) is 11.0 Å². The normalized spacial score (nSPS) is 62.2. The zero-order valence-electron chi connectivity index (χ0n) is 7.72. The molecule has 0 heterocycles. The van der Waals surface area contributed by atoms with E-state index in [9.17, 15) is 5.11 Å². The Bertz CT molecular complexity index is 185. The van der Waals surface area contributed by atoms with Crippen molar-refractivity contribution in [1.29, 1.82) is 0 Å². The molecule has 0 spiro atoms. The molecule has 0 saturated heterocycles. The maximum atomic E-state index is 10.1. The van der Waals surface area contributed by atoms with E-state index in [4.69, 9.17) is 0 Å². The Morgan fingerprint density at radius 1 is 1.36 bits per heavy atom. The standard InChI is InChI=1S/C10H18O/c1-7-8-4-5-9(7,2)10(3,11)6-8/h7-8,11H,4-6H2,1-3H3/t7-,8-,9-,10-/m0/s1. The second-order valence-electron chi connectivity index (χ2n) is 4.98. The zero-order valence-corrected chi connectivity index (χ0v) is 7.72. The summed E-state index contributed by atoms with van der Waals surface area (Å²) in [5.74, 6) is 1.53. The molecule has 0 aromatic rings. The summed E-state index contributed by atoms with van der Waals surface area (Å²) in [6.45, 7) is 6.58. The Kier molecular flexibility index (Phi) is 1.26. The molecular weight excluding hydrogens is 136 g/mol. The van der Waals surface area contributed by atoms with Crippen molar-refractivity contribution in [3.05, 3.63) is 0 Å². The molecule has 0 aromatic heterocycles. The summed E-state index contributed by atoms with van der Waals surface area (Å²) in [5, 5.41) is 10.1. The lowest BCUT2D eigenvalue weighted by molar-refractivity contribution is -0.0573. The molecular formula is C10H18O. The molecule has 2 rings (SSSR count). The van der Waals surface area contributed by atoms with Gasteiger partial charge in [0.25, 0.3) is 0 Å². The number of fused-ring (bicyclic) bond motifs is 2. The highest BCUT2D eigenvalue weighted by atomic mass is 16.3. The van der Waals surface area contributed by atoms with Gasteiger partial charge in [-0.05, 0) is 43.4 Å². The van der Waals surface area contributed by atoms with Gasteiger partial charge in [0, 0.05) is 0 Å². The third kappa shape index (κ3) is 0.703. The minimum Gasteiger partial charge on any atom is -0.390 e. The van der Waals surface area contributed by atoms with E-state index < -0.39 is 0 Å². The van der Waals surface area contributed by atoms with E-state index >= 15 is 0 Å². The average molecular weight is 154 g/mol. The van der Waals surface area contributed by atoms with Gasteiger partial charge in [-0.1, -0.05) is 13.8 Å². The molecule has 4 atom stereocenters. The van der Waals surface area contributed by atoms with E-state index in [1.54, 1.807) is 0 Å². The Labute approximate surface area is 68.8 Å². The van der Waals surface area contributed by atoms with Crippen LogP contribution in [0, 0.1) is 17.3 Å². The fourth-order valence-corrected chi connectivity index (χ4v) is 3.27. The zero-order chi connectivity index (χ0) is 8.28. The maximum Gasteiger partial charge on any atom is 0.0678 e. The van der Waals surface area contributed by atoms with Gasteiger partial charge in [0.1, 0.15) is 0 Å². The van der Waals surface area contributed by atoms with Gasteiger partial charge >= 0.3 is 0 Å². The van der Waals surface area contributed by atoms with Crippen LogP contribution in [0.1, 0.15) is 40.0 Å². The maximum absolute atomic E-state index is 10.1. The molecule has 0 aromatic carbocycles. The van der Waals surface area contributed by atoms with Crippen LogP contribution in [0.15, 0.2) is 0 Å². The van der Waals surface area contributed by atoms with Gasteiger partial charge in [-0.3, -0.25) is 0 Å². The highest BCUT2D eigenvalue weighted by molar-refractivity contribution is 5.10. The van der Waals surface area contributed by atoms with Crippen molar-refractivity contribution < 1.29 is 5.11 Å². The van der Waals surface area contributed by atoms with Crippen molar-refractivity contribution in [3.8, 4) is 0 Å². The van der Waals surface area contributed by atoms with Crippen LogP contribution in [-0.2, 0) is 0 Å². The molecule has 0 unspecified atom stereocenters. The molecule has 1 N–H and O–H groups in total. The Hall–Kier alpha value is -0.0400. The van der Waals surface area contributed by atoms with Crippen LogP contribution in [0.25, 0.3) is 0 Å². The topological polar surface area (TPSA) is 20.2 Å². The summed E-state index contributed by atoms with van der Waals surface area (Å²) in [6, 6.07) is 0. The molecule has 1 heteroatoms. The largest absolute Gasteiger partial charge is 0.390 e. The molecule has 0 aliphatic heterocycles. The minimum absolute atomic E-state index is 0.220. The van der Waals surface area contributed by atoms with Gasteiger partial charge in [0.15, 0.2) is 0 Å². The summed E-state index contributed by atoms with van der Waals surface area (Å²) in [5.41, 5.74) is -0.160. The van der Waals surface area contributed by atoms with Crippen molar-refractivity contribution in [3.63, 3.8) is 0 Å². The van der Waals surface area contributed by atoms with Crippen molar-refractivity contribution >= 4 is 0 Å². The lowest BCUT2D eigenvalue weighted by atomic mass is 9.71. The SMILES string of the molecule is C[C@H]1[C@H]2CC[C@]1(C)[C@@](C)(O)C2. The van der Waals surface area contributed by atoms with Crippen LogP contribution in [0.2, 0.25) is 0 Å². The second-order valence-corrected chi connectivity index (χ2v) is 4.98. The molecule has 0 radical (unpaired) electrons. The first-order chi connectivity index (χ1) is 4.97. The Morgan fingerprint density at radius 3 is 2.18 bits per heavy atom. The monoisotopic (exact) mass is 154 g/mol. The van der Waals surface area contributed by atoms with Crippen LogP contribution in [-0.4, -0.2) is 10.7 Å². The smallest absolute Gasteiger partial charge is 0.0678 e. The van der Waals surface area contributed by atoms with Crippen LogP contribution < -0.4 is 0 Å². The molecule has 2 fully saturated rings. The molecule has 11 heavy (non-hydrogen) atoms. The van der Waals surface area contributed by atoms with Crippen molar-refractivity contribution in [2.45, 2.75) is 45.6 Å². The predicted octanol–water partition coefficient (Wildman–Crippen LogP) is 2.19. The van der Waals surface area contributed by atoms with E-state index in [0.29, 0.717) is 0 Å². The first-order valence-electron chi connectivity index (χ1n) is 4.70. The molecule has 1 nitrogen and oxygen atoms in total. The summed E-state index contributed by atoms with van der Waals surface area (Å²) in [4.78, 5) is 0. The van der Waals surface area contributed by atoms with Gasteiger partial charge in [-0.15, -0.1) is 0 Å². The summed E-state index contributed by atoms with van der Waals surface area (Å²) in [7, 11) is 0. The molecule has 2 saturated carbocycles. The molecule has 2 bridgehead atoms. The van der Waals surface area contributed by atoms with Crippen LogP contribution >= 0.6 is 0 Å². The number of aliphatic hydroxyl groups is 1. The lowest BCUT2D eigenvalue weighted by Gasteiger charge is -2.39. The molecule has 64 valence electrons. The second kappa shape index (κ2) is 1.82. The van der Waals surface area contributed by atoms with Gasteiger partial charge in [0.2, 0.25) is 0 Å². The molecule has 2 aliphatic carbocycles. The fraction of sp³-hybridized carbons (Fsp3) is 1.00. The molecule has 2 aliphatic rings. The van der Waals surface area contributed by atoms with Crippen LogP contribution in [0.4, 0.5) is 0 Å². The van der Waals surface area contributed by atoms with Crippen molar-refractivity contribution in [2.75, 3.05) is 0 Å². The van der Waals surface area contributed by atoms with Gasteiger partial charge in [0.05, 0.1) is 5.60 Å². The predicted molar refractivity (Wildman–Crippen MR) is 45.2 cm³/mol. The first-order valence-corrected chi connectivity index (χ1v) is 4.70. The summed E-state index contributed by atoms with van der Waals surface area (Å²) in [6.07, 6.45) is 3.60. The van der Waals surface area contributed by atoms with E-state index in [2.05, 4.69) is 13.8 Å². The highest BCUT2D eigenvalue weighted by Crippen LogP contribution is 2.62. The average Bonchev–Trinajstić information content (AvgIpc) is 2.22. The van der Waals surface area contributed by atoms with Gasteiger partial charge < -0.3 is 5.11 Å². The van der Waals surface area contributed by atoms with E-state index in [1.165, 1.54) is 12.8 Å². The third-order valence-corrected chi connectivity index (χ3v) is 4.64. The third-order valence-electron chi connectivity index (χ3n) is 4.64.